The molecular formula is C10H11N3O3. The third-order valence-electron chi connectivity index (χ3n) is 2.20. The highest BCUT2D eigenvalue weighted by Crippen LogP contribution is 2.08. The lowest BCUT2D eigenvalue weighted by molar-refractivity contribution is -0.159. The molecule has 1 aliphatic rings. The number of hydrogen-bond donors (Lipinski definition) is 1. The first-order valence-corrected chi connectivity index (χ1v) is 4.79. The highest BCUT2D eigenvalue weighted by Gasteiger charge is 2.26. The van der Waals surface area contributed by atoms with E-state index in [9.17, 15) is 9.59 Å². The van der Waals surface area contributed by atoms with E-state index < -0.39 is 0 Å². The Balaban J connectivity index is 2.13. The van der Waals surface area contributed by atoms with Crippen LogP contribution in [0.2, 0.25) is 0 Å². The zero-order valence-electron chi connectivity index (χ0n) is 8.55. The van der Waals surface area contributed by atoms with Crippen molar-refractivity contribution in [1.82, 2.24) is 9.88 Å². The molecular weight excluding hydrogens is 210 g/mol. The molecule has 2 amide bonds. The standard InChI is InChI=1S/C10H11N3O3/c11-8-3-1-2-7(12-8)4-13-9(14)5-16-6-10(13)15/h1-3H,4-6H2,(H2,11,12). The van der Waals surface area contributed by atoms with E-state index in [2.05, 4.69) is 4.98 Å². The number of imide groups is 1. The molecule has 84 valence electrons. The average Bonchev–Trinajstić information content (AvgIpc) is 2.24. The second-order valence-electron chi connectivity index (χ2n) is 3.42. The van der Waals surface area contributed by atoms with Gasteiger partial charge in [0.15, 0.2) is 0 Å². The fourth-order valence-corrected chi connectivity index (χ4v) is 1.45. The Morgan fingerprint density at radius 1 is 1.31 bits per heavy atom. The quantitative estimate of drug-likeness (QED) is 0.683. The van der Waals surface area contributed by atoms with Crippen molar-refractivity contribution in [2.75, 3.05) is 18.9 Å². The zero-order chi connectivity index (χ0) is 11.5. The molecule has 0 spiro atoms. The van der Waals surface area contributed by atoms with E-state index >= 15 is 0 Å². The van der Waals surface area contributed by atoms with Gasteiger partial charge < -0.3 is 10.5 Å². The van der Waals surface area contributed by atoms with Crippen LogP contribution in [-0.4, -0.2) is 34.9 Å². The van der Waals surface area contributed by atoms with Crippen molar-refractivity contribution < 1.29 is 14.3 Å². The fourth-order valence-electron chi connectivity index (χ4n) is 1.45. The summed E-state index contributed by atoms with van der Waals surface area (Å²) in [6, 6.07) is 5.09. The van der Waals surface area contributed by atoms with Crippen molar-refractivity contribution in [2.45, 2.75) is 6.54 Å². The molecule has 6 heteroatoms. The molecule has 2 N–H and O–H groups in total. The van der Waals surface area contributed by atoms with Crippen LogP contribution in [0, 0.1) is 0 Å². The lowest BCUT2D eigenvalue weighted by Crippen LogP contribution is -2.45. The molecule has 16 heavy (non-hydrogen) atoms. The summed E-state index contributed by atoms with van der Waals surface area (Å²) in [5.74, 6) is -0.327. The third kappa shape index (κ3) is 2.17. The van der Waals surface area contributed by atoms with Crippen LogP contribution in [0.5, 0.6) is 0 Å². The normalized spacial score (nSPS) is 16.6. The first-order valence-electron chi connectivity index (χ1n) is 4.79. The molecule has 0 atom stereocenters. The highest BCUT2D eigenvalue weighted by molar-refractivity contribution is 5.98. The Bertz CT molecular complexity index is 417. The number of carbonyl (C=O) groups is 2. The Hall–Kier alpha value is -1.95. The molecule has 0 bridgehead atoms. The molecule has 2 heterocycles. The number of anilines is 1. The summed E-state index contributed by atoms with van der Waals surface area (Å²) in [5.41, 5.74) is 6.10. The van der Waals surface area contributed by atoms with Gasteiger partial charge in [0.05, 0.1) is 12.2 Å². The minimum atomic E-state index is -0.347. The lowest BCUT2D eigenvalue weighted by atomic mass is 10.3. The molecule has 1 fully saturated rings. The lowest BCUT2D eigenvalue weighted by Gasteiger charge is -2.24. The van der Waals surface area contributed by atoms with Gasteiger partial charge in [-0.25, -0.2) is 4.98 Å². The molecule has 0 aliphatic carbocycles. The zero-order valence-corrected chi connectivity index (χ0v) is 8.55. The number of ether oxygens (including phenoxy) is 1. The number of nitrogen functional groups attached to an aromatic ring is 1. The van der Waals surface area contributed by atoms with Crippen molar-refractivity contribution >= 4 is 17.6 Å². The van der Waals surface area contributed by atoms with Gasteiger partial charge in [-0.1, -0.05) is 6.07 Å². The largest absolute Gasteiger partial charge is 0.384 e. The molecule has 0 radical (unpaired) electrons. The fraction of sp³-hybridized carbons (Fsp3) is 0.300. The minimum Gasteiger partial charge on any atom is -0.384 e. The van der Waals surface area contributed by atoms with Crippen LogP contribution in [0.3, 0.4) is 0 Å². The van der Waals surface area contributed by atoms with E-state index in [0.717, 1.165) is 4.90 Å². The third-order valence-corrected chi connectivity index (χ3v) is 2.20. The maximum absolute atomic E-state index is 11.4. The molecule has 0 unspecified atom stereocenters. The van der Waals surface area contributed by atoms with Gasteiger partial charge in [-0.15, -0.1) is 0 Å². The SMILES string of the molecule is Nc1cccc(CN2C(=O)COCC2=O)n1. The van der Waals surface area contributed by atoms with Gasteiger partial charge in [0.25, 0.3) is 11.8 Å². The van der Waals surface area contributed by atoms with Crippen molar-refractivity contribution in [1.29, 1.82) is 0 Å². The van der Waals surface area contributed by atoms with Gasteiger partial charge in [-0.05, 0) is 12.1 Å². The maximum Gasteiger partial charge on any atom is 0.255 e. The van der Waals surface area contributed by atoms with Crippen LogP contribution in [0.4, 0.5) is 5.82 Å². The molecule has 2 rings (SSSR count). The van der Waals surface area contributed by atoms with Gasteiger partial charge in [0.1, 0.15) is 19.0 Å². The molecule has 1 aliphatic heterocycles. The van der Waals surface area contributed by atoms with E-state index in [1.165, 1.54) is 0 Å². The Kier molecular flexibility index (Phi) is 2.82. The number of amides is 2. The van der Waals surface area contributed by atoms with Gasteiger partial charge in [0.2, 0.25) is 0 Å². The molecule has 1 saturated heterocycles. The summed E-state index contributed by atoms with van der Waals surface area (Å²) in [7, 11) is 0. The van der Waals surface area contributed by atoms with E-state index in [4.69, 9.17) is 10.5 Å². The van der Waals surface area contributed by atoms with Crippen LogP contribution < -0.4 is 5.73 Å². The monoisotopic (exact) mass is 221 g/mol. The van der Waals surface area contributed by atoms with Crippen LogP contribution in [-0.2, 0) is 20.9 Å². The smallest absolute Gasteiger partial charge is 0.255 e. The number of nitrogens with zero attached hydrogens (tertiary/aromatic N) is 2. The molecule has 1 aromatic rings. The number of aromatic nitrogens is 1. The Morgan fingerprint density at radius 2 is 2.00 bits per heavy atom. The second kappa shape index (κ2) is 4.28. The van der Waals surface area contributed by atoms with Crippen LogP contribution in [0.15, 0.2) is 18.2 Å². The van der Waals surface area contributed by atoms with Crippen LogP contribution >= 0.6 is 0 Å². The predicted molar refractivity (Wildman–Crippen MR) is 55.0 cm³/mol. The van der Waals surface area contributed by atoms with E-state index in [1.807, 2.05) is 0 Å². The van der Waals surface area contributed by atoms with Gasteiger partial charge in [0, 0.05) is 0 Å². The Morgan fingerprint density at radius 3 is 2.62 bits per heavy atom. The van der Waals surface area contributed by atoms with Crippen LogP contribution in [0.25, 0.3) is 0 Å². The first kappa shape index (κ1) is 10.6. The van der Waals surface area contributed by atoms with Crippen molar-refractivity contribution in [2.24, 2.45) is 0 Å². The van der Waals surface area contributed by atoms with Crippen molar-refractivity contribution in [3.63, 3.8) is 0 Å². The van der Waals surface area contributed by atoms with Gasteiger partial charge >= 0.3 is 0 Å². The topological polar surface area (TPSA) is 85.5 Å². The number of carbonyl (C=O) groups excluding carboxylic acids is 2. The van der Waals surface area contributed by atoms with Crippen LogP contribution in [0.1, 0.15) is 5.69 Å². The molecule has 0 saturated carbocycles. The summed E-state index contributed by atoms with van der Waals surface area (Å²) in [4.78, 5) is 28.0. The van der Waals surface area contributed by atoms with E-state index in [0.29, 0.717) is 11.5 Å². The summed E-state index contributed by atoms with van der Waals surface area (Å²) in [5, 5.41) is 0. The van der Waals surface area contributed by atoms with E-state index in [1.54, 1.807) is 18.2 Å². The highest BCUT2D eigenvalue weighted by atomic mass is 16.5. The first-order chi connectivity index (χ1) is 7.66. The van der Waals surface area contributed by atoms with Crippen molar-refractivity contribution in [3.05, 3.63) is 23.9 Å². The summed E-state index contributed by atoms with van der Waals surface area (Å²) in [6.45, 7) is 0.0220. The Labute approximate surface area is 92.0 Å². The summed E-state index contributed by atoms with van der Waals surface area (Å²) < 4.78 is 4.80. The van der Waals surface area contributed by atoms with Gasteiger partial charge in [-0.3, -0.25) is 14.5 Å². The number of hydrogen-bond acceptors (Lipinski definition) is 5. The molecule has 0 aromatic carbocycles. The predicted octanol–water partition coefficient (Wildman–Crippen LogP) is -0.451. The van der Waals surface area contributed by atoms with Gasteiger partial charge in [-0.2, -0.15) is 0 Å². The summed E-state index contributed by atoms with van der Waals surface area (Å²) >= 11 is 0. The van der Waals surface area contributed by atoms with E-state index in [-0.39, 0.29) is 31.6 Å². The van der Waals surface area contributed by atoms with Crippen molar-refractivity contribution in [3.8, 4) is 0 Å². The second-order valence-corrected chi connectivity index (χ2v) is 3.42. The number of morpholine rings is 1. The number of rotatable bonds is 2. The average molecular weight is 221 g/mol. The number of pyridine rings is 1. The maximum atomic E-state index is 11.4. The molecule has 1 aromatic heterocycles. The summed E-state index contributed by atoms with van der Waals surface area (Å²) in [6.07, 6.45) is 0. The molecule has 6 nitrogen and oxygen atoms in total. The minimum absolute atomic E-state index is 0.0615. The number of nitrogens with two attached hydrogens (primary N) is 1.